The molecule has 1 heterocycles. The summed E-state index contributed by atoms with van der Waals surface area (Å²) in [6, 6.07) is 5.33. The molecule has 0 spiro atoms. The van der Waals surface area contributed by atoms with Gasteiger partial charge in [-0.05, 0) is 37.5 Å². The van der Waals surface area contributed by atoms with E-state index in [0.717, 1.165) is 25.1 Å². The number of morpholine rings is 1. The van der Waals surface area contributed by atoms with Crippen LogP contribution in [0, 0.1) is 0 Å². The van der Waals surface area contributed by atoms with Crippen molar-refractivity contribution < 1.29 is 14.6 Å². The molecule has 0 bridgehead atoms. The molecule has 1 saturated heterocycles. The van der Waals surface area contributed by atoms with E-state index in [0.29, 0.717) is 23.8 Å². The monoisotopic (exact) mass is 281 g/mol. The Morgan fingerprint density at radius 3 is 3.00 bits per heavy atom. The van der Waals surface area contributed by atoms with Gasteiger partial charge < -0.3 is 14.7 Å². The minimum absolute atomic E-state index is 0.227. The molecule has 3 rings (SSSR count). The van der Waals surface area contributed by atoms with Gasteiger partial charge in [0, 0.05) is 6.54 Å². The molecule has 19 heavy (non-hydrogen) atoms. The molecule has 2 fully saturated rings. The second kappa shape index (κ2) is 5.02. The fraction of sp³-hybridized carbons (Fsp3) is 0.500. The summed E-state index contributed by atoms with van der Waals surface area (Å²) in [5.74, 6) is -0.950. The summed E-state index contributed by atoms with van der Waals surface area (Å²) in [4.78, 5) is 13.2. The molecule has 1 aromatic rings. The van der Waals surface area contributed by atoms with Crippen molar-refractivity contribution in [3.05, 3.63) is 28.8 Å². The van der Waals surface area contributed by atoms with E-state index in [2.05, 4.69) is 4.90 Å². The highest BCUT2D eigenvalue weighted by molar-refractivity contribution is 6.33. The van der Waals surface area contributed by atoms with Gasteiger partial charge in [-0.15, -0.1) is 0 Å². The van der Waals surface area contributed by atoms with Gasteiger partial charge in [0.1, 0.15) is 0 Å². The predicted octanol–water partition coefficient (Wildman–Crippen LogP) is 2.80. The zero-order valence-corrected chi connectivity index (χ0v) is 11.3. The maximum Gasteiger partial charge on any atom is 0.335 e. The molecule has 0 radical (unpaired) electrons. The van der Waals surface area contributed by atoms with Crippen LogP contribution < -0.4 is 4.90 Å². The molecule has 0 aromatic heterocycles. The Kier molecular flexibility index (Phi) is 3.37. The van der Waals surface area contributed by atoms with Crippen molar-refractivity contribution in [2.75, 3.05) is 18.1 Å². The predicted molar refractivity (Wildman–Crippen MR) is 73.1 cm³/mol. The maximum absolute atomic E-state index is 10.9. The zero-order valence-electron chi connectivity index (χ0n) is 10.5. The van der Waals surface area contributed by atoms with Gasteiger partial charge in [-0.1, -0.05) is 11.6 Å². The number of benzene rings is 1. The highest BCUT2D eigenvalue weighted by atomic mass is 35.5. The summed E-state index contributed by atoms with van der Waals surface area (Å²) in [5.41, 5.74) is 1.15. The quantitative estimate of drug-likeness (QED) is 0.906. The maximum atomic E-state index is 10.9. The van der Waals surface area contributed by atoms with Crippen molar-refractivity contribution in [2.24, 2.45) is 0 Å². The Morgan fingerprint density at radius 1 is 1.42 bits per heavy atom. The molecular formula is C14H16ClNO3. The van der Waals surface area contributed by atoms with E-state index in [1.807, 2.05) is 6.07 Å². The number of hydrogen-bond donors (Lipinski definition) is 1. The van der Waals surface area contributed by atoms with Crippen LogP contribution in [-0.4, -0.2) is 36.4 Å². The second-order valence-electron chi connectivity index (χ2n) is 5.07. The number of carboxylic acid groups (broad SMARTS) is 1. The highest BCUT2D eigenvalue weighted by Gasteiger charge is 2.36. The molecule has 1 aliphatic carbocycles. The molecular weight excluding hydrogens is 266 g/mol. The zero-order chi connectivity index (χ0) is 13.4. The van der Waals surface area contributed by atoms with Gasteiger partial charge in [0.2, 0.25) is 0 Å². The van der Waals surface area contributed by atoms with Crippen molar-refractivity contribution in [3.63, 3.8) is 0 Å². The number of carbonyl (C=O) groups is 1. The number of ether oxygens (including phenoxy) is 1. The van der Waals surface area contributed by atoms with Gasteiger partial charge in [0.05, 0.1) is 35.0 Å². The van der Waals surface area contributed by atoms with E-state index in [4.69, 9.17) is 21.4 Å². The molecule has 2 unspecified atom stereocenters. The van der Waals surface area contributed by atoms with Gasteiger partial charge in [-0.3, -0.25) is 0 Å². The largest absolute Gasteiger partial charge is 0.478 e. The number of aromatic carboxylic acids is 1. The number of anilines is 1. The lowest BCUT2D eigenvalue weighted by molar-refractivity contribution is 0.0256. The molecule has 4 nitrogen and oxygen atoms in total. The van der Waals surface area contributed by atoms with Crippen LogP contribution in [0.25, 0.3) is 0 Å². The summed E-state index contributed by atoms with van der Waals surface area (Å²) in [7, 11) is 0. The normalized spacial score (nSPS) is 26.3. The second-order valence-corrected chi connectivity index (χ2v) is 5.48. The van der Waals surface area contributed by atoms with E-state index in [9.17, 15) is 4.79 Å². The Morgan fingerprint density at radius 2 is 2.26 bits per heavy atom. The van der Waals surface area contributed by atoms with Crippen LogP contribution in [0.15, 0.2) is 18.2 Å². The van der Waals surface area contributed by atoms with Gasteiger partial charge in [-0.2, -0.15) is 0 Å². The van der Waals surface area contributed by atoms with Crippen molar-refractivity contribution in [3.8, 4) is 0 Å². The van der Waals surface area contributed by atoms with Crippen LogP contribution >= 0.6 is 11.6 Å². The molecule has 1 aliphatic heterocycles. The third-order valence-corrected chi connectivity index (χ3v) is 4.29. The van der Waals surface area contributed by atoms with Crippen molar-refractivity contribution in [2.45, 2.75) is 31.4 Å². The fourth-order valence-corrected chi connectivity index (χ4v) is 3.39. The van der Waals surface area contributed by atoms with Gasteiger partial charge in [0.15, 0.2) is 0 Å². The van der Waals surface area contributed by atoms with Crippen molar-refractivity contribution in [1.82, 2.24) is 0 Å². The Balaban J connectivity index is 1.90. The summed E-state index contributed by atoms with van der Waals surface area (Å²) >= 11 is 6.25. The lowest BCUT2D eigenvalue weighted by Crippen LogP contribution is -2.48. The number of fused-ring (bicyclic) bond motifs is 1. The highest BCUT2D eigenvalue weighted by Crippen LogP contribution is 2.36. The Hall–Kier alpha value is -1.26. The minimum atomic E-state index is -0.950. The first-order valence-corrected chi connectivity index (χ1v) is 6.95. The Labute approximate surface area is 116 Å². The third kappa shape index (κ3) is 2.30. The first-order chi connectivity index (χ1) is 9.16. The molecule has 1 saturated carbocycles. The first-order valence-electron chi connectivity index (χ1n) is 6.58. The number of nitrogens with zero attached hydrogens (tertiary/aromatic N) is 1. The van der Waals surface area contributed by atoms with Gasteiger partial charge >= 0.3 is 5.97 Å². The topological polar surface area (TPSA) is 49.8 Å². The SMILES string of the molecule is O=C(O)c1ccc(N2CCOC3CCCC32)c(Cl)c1. The molecule has 2 aliphatic rings. The van der Waals surface area contributed by atoms with Crippen LogP contribution in [0.5, 0.6) is 0 Å². The average Bonchev–Trinajstić information content (AvgIpc) is 2.86. The number of carboxylic acids is 1. The Bertz CT molecular complexity index is 505. The van der Waals surface area contributed by atoms with E-state index in [1.54, 1.807) is 6.07 Å². The van der Waals surface area contributed by atoms with Crippen molar-refractivity contribution in [1.29, 1.82) is 0 Å². The number of halogens is 1. The van der Waals surface area contributed by atoms with E-state index < -0.39 is 5.97 Å². The van der Waals surface area contributed by atoms with Crippen LogP contribution in [0.2, 0.25) is 5.02 Å². The summed E-state index contributed by atoms with van der Waals surface area (Å²) < 4.78 is 5.78. The average molecular weight is 282 g/mol. The number of hydrogen-bond acceptors (Lipinski definition) is 3. The molecule has 5 heteroatoms. The van der Waals surface area contributed by atoms with Crippen molar-refractivity contribution >= 4 is 23.3 Å². The summed E-state index contributed by atoms with van der Waals surface area (Å²) in [6.07, 6.45) is 3.69. The van der Waals surface area contributed by atoms with Crippen LogP contribution in [0.1, 0.15) is 29.6 Å². The fourth-order valence-electron chi connectivity index (χ4n) is 3.10. The van der Waals surface area contributed by atoms with Crippen LogP contribution in [-0.2, 0) is 4.74 Å². The lowest BCUT2D eigenvalue weighted by Gasteiger charge is -2.39. The molecule has 2 atom stereocenters. The van der Waals surface area contributed by atoms with E-state index in [-0.39, 0.29) is 5.56 Å². The lowest BCUT2D eigenvalue weighted by atomic mass is 10.1. The summed E-state index contributed by atoms with van der Waals surface area (Å²) in [5, 5.41) is 9.48. The van der Waals surface area contributed by atoms with E-state index >= 15 is 0 Å². The minimum Gasteiger partial charge on any atom is -0.478 e. The standard InChI is InChI=1S/C14H16ClNO3/c15-10-8-9(14(17)18)4-5-11(10)16-6-7-19-13-3-1-2-12(13)16/h4-5,8,12-13H,1-3,6-7H2,(H,17,18). The molecule has 1 aromatic carbocycles. The van der Waals surface area contributed by atoms with Crippen LogP contribution in [0.3, 0.4) is 0 Å². The van der Waals surface area contributed by atoms with Crippen LogP contribution in [0.4, 0.5) is 5.69 Å². The molecule has 102 valence electrons. The van der Waals surface area contributed by atoms with E-state index in [1.165, 1.54) is 12.5 Å². The molecule has 0 amide bonds. The van der Waals surface area contributed by atoms with Gasteiger partial charge in [0.25, 0.3) is 0 Å². The molecule has 1 N–H and O–H groups in total. The van der Waals surface area contributed by atoms with Gasteiger partial charge in [-0.25, -0.2) is 4.79 Å². The first kappa shape index (κ1) is 12.8. The summed E-state index contributed by atoms with van der Waals surface area (Å²) in [6.45, 7) is 1.52. The third-order valence-electron chi connectivity index (χ3n) is 3.99. The smallest absolute Gasteiger partial charge is 0.335 e. The number of rotatable bonds is 2.